The van der Waals surface area contributed by atoms with Gasteiger partial charge in [0, 0.05) is 31.4 Å². The lowest BCUT2D eigenvalue weighted by atomic mass is 10.3. The molecule has 1 aliphatic rings. The molecule has 2 rings (SSSR count). The lowest BCUT2D eigenvalue weighted by Crippen LogP contribution is -2.40. The number of nitrogens with one attached hydrogen (secondary N) is 1. The molecule has 1 atom stereocenters. The van der Waals surface area contributed by atoms with Crippen molar-refractivity contribution in [1.29, 1.82) is 0 Å². The maximum atomic E-state index is 9.69. The highest BCUT2D eigenvalue weighted by molar-refractivity contribution is 5.80. The number of guanidine groups is 1. The summed E-state index contributed by atoms with van der Waals surface area (Å²) in [5.41, 5.74) is 0.978. The van der Waals surface area contributed by atoms with Gasteiger partial charge in [-0.2, -0.15) is 0 Å². The van der Waals surface area contributed by atoms with Gasteiger partial charge in [-0.25, -0.2) is 9.98 Å². The summed E-state index contributed by atoms with van der Waals surface area (Å²) in [7, 11) is 0. The Morgan fingerprint density at radius 3 is 3.09 bits per heavy atom. The summed E-state index contributed by atoms with van der Waals surface area (Å²) >= 11 is 0. The van der Waals surface area contributed by atoms with Crippen molar-refractivity contribution in [2.45, 2.75) is 39.3 Å². The molecule has 0 bridgehead atoms. The molecule has 1 aliphatic heterocycles. The number of aliphatic imine (C=N–C) groups is 1. The fourth-order valence-electron chi connectivity index (χ4n) is 2.39. The van der Waals surface area contributed by atoms with E-state index >= 15 is 0 Å². The van der Waals surface area contributed by atoms with Crippen LogP contribution in [0.3, 0.4) is 0 Å². The number of rotatable bonds is 6. The third-order valence-electron chi connectivity index (χ3n) is 3.49. The Morgan fingerprint density at radius 1 is 1.55 bits per heavy atom. The first kappa shape index (κ1) is 16.5. The molecular weight excluding hydrogens is 280 g/mol. The Labute approximate surface area is 132 Å². The summed E-state index contributed by atoms with van der Waals surface area (Å²) in [5, 5.41) is 13.0. The first-order chi connectivity index (χ1) is 10.7. The Balaban J connectivity index is 2.06. The predicted octanol–water partition coefficient (Wildman–Crippen LogP) is 1.40. The Kier molecular flexibility index (Phi) is 6.45. The van der Waals surface area contributed by atoms with Crippen LogP contribution >= 0.6 is 0 Å². The summed E-state index contributed by atoms with van der Waals surface area (Å²) in [6, 6.07) is 3.89. The lowest BCUT2D eigenvalue weighted by molar-refractivity contribution is 0.188. The van der Waals surface area contributed by atoms with Crippen LogP contribution in [0.15, 0.2) is 23.3 Å². The molecule has 1 aromatic heterocycles. The van der Waals surface area contributed by atoms with Crippen molar-refractivity contribution in [3.63, 3.8) is 0 Å². The van der Waals surface area contributed by atoms with Gasteiger partial charge in [-0.1, -0.05) is 13.0 Å². The molecule has 1 saturated heterocycles. The topological polar surface area (TPSA) is 70.0 Å². The average Bonchev–Trinajstić information content (AvgIpc) is 2.96. The Bertz CT molecular complexity index is 493. The molecule has 0 aliphatic carbocycles. The minimum Gasteiger partial charge on any atom is -0.477 e. The minimum absolute atomic E-state index is 0.259. The van der Waals surface area contributed by atoms with Crippen LogP contribution in [0, 0.1) is 0 Å². The van der Waals surface area contributed by atoms with Gasteiger partial charge in [0.1, 0.15) is 0 Å². The third-order valence-corrected chi connectivity index (χ3v) is 3.49. The highest BCUT2D eigenvalue weighted by Crippen LogP contribution is 2.16. The number of aliphatic hydroxyl groups is 1. The number of hydrogen-bond donors (Lipinski definition) is 2. The van der Waals surface area contributed by atoms with E-state index in [0.29, 0.717) is 25.6 Å². The average molecular weight is 306 g/mol. The molecule has 6 nitrogen and oxygen atoms in total. The second kappa shape index (κ2) is 8.58. The summed E-state index contributed by atoms with van der Waals surface area (Å²) in [6.07, 6.45) is 3.22. The number of nitrogens with zero attached hydrogens (tertiary/aromatic N) is 3. The van der Waals surface area contributed by atoms with Gasteiger partial charge in [-0.3, -0.25) is 0 Å². The van der Waals surface area contributed by atoms with Gasteiger partial charge in [-0.05, 0) is 25.8 Å². The van der Waals surface area contributed by atoms with Gasteiger partial charge in [0.2, 0.25) is 5.88 Å². The zero-order chi connectivity index (χ0) is 15.8. The molecule has 0 amide bonds. The second-order valence-electron chi connectivity index (χ2n) is 5.37. The first-order valence-electron chi connectivity index (χ1n) is 8.02. The molecule has 6 heteroatoms. The number of hydrogen-bond acceptors (Lipinski definition) is 4. The highest BCUT2D eigenvalue weighted by atomic mass is 16.5. The Morgan fingerprint density at radius 2 is 2.41 bits per heavy atom. The SMILES string of the molecule is CCCOc1ncccc1CN=C(NCC)N1CC[C@@H](O)C1. The van der Waals surface area contributed by atoms with Crippen LogP contribution in [0.2, 0.25) is 0 Å². The normalized spacial score (nSPS) is 18.6. The maximum absolute atomic E-state index is 9.69. The van der Waals surface area contributed by atoms with E-state index in [1.807, 2.05) is 19.1 Å². The quantitative estimate of drug-likeness (QED) is 0.614. The van der Waals surface area contributed by atoms with Crippen molar-refractivity contribution < 1.29 is 9.84 Å². The molecule has 0 aromatic carbocycles. The van der Waals surface area contributed by atoms with E-state index in [-0.39, 0.29) is 6.10 Å². The van der Waals surface area contributed by atoms with Gasteiger partial charge < -0.3 is 20.1 Å². The molecule has 22 heavy (non-hydrogen) atoms. The second-order valence-corrected chi connectivity index (χ2v) is 5.37. The fourth-order valence-corrected chi connectivity index (χ4v) is 2.39. The number of aromatic nitrogens is 1. The summed E-state index contributed by atoms with van der Waals surface area (Å²) in [4.78, 5) is 11.0. The summed E-state index contributed by atoms with van der Waals surface area (Å²) < 4.78 is 5.67. The van der Waals surface area contributed by atoms with Crippen molar-refractivity contribution in [2.24, 2.45) is 4.99 Å². The van der Waals surface area contributed by atoms with Crippen LogP contribution in [-0.2, 0) is 6.54 Å². The van der Waals surface area contributed by atoms with E-state index in [1.54, 1.807) is 6.20 Å². The molecule has 1 fully saturated rings. The number of likely N-dealkylation sites (tertiary alicyclic amines) is 1. The molecule has 0 saturated carbocycles. The van der Waals surface area contributed by atoms with Crippen molar-refractivity contribution in [3.8, 4) is 5.88 Å². The van der Waals surface area contributed by atoms with E-state index in [4.69, 9.17) is 4.74 Å². The first-order valence-corrected chi connectivity index (χ1v) is 8.02. The molecule has 0 spiro atoms. The van der Waals surface area contributed by atoms with Crippen LogP contribution in [-0.4, -0.2) is 53.3 Å². The van der Waals surface area contributed by atoms with E-state index in [0.717, 1.165) is 37.5 Å². The standard InChI is InChI=1S/C16H26N4O2/c1-3-10-22-15-13(6-5-8-18-15)11-19-16(17-4-2)20-9-7-14(21)12-20/h5-6,8,14,21H,3-4,7,9-12H2,1-2H3,(H,17,19)/t14-/m1/s1. The lowest BCUT2D eigenvalue weighted by Gasteiger charge is -2.21. The van der Waals surface area contributed by atoms with Gasteiger partial charge in [0.05, 0.1) is 19.3 Å². The van der Waals surface area contributed by atoms with Gasteiger partial charge in [0.15, 0.2) is 5.96 Å². The summed E-state index contributed by atoms with van der Waals surface area (Å²) in [5.74, 6) is 1.50. The maximum Gasteiger partial charge on any atom is 0.218 e. The van der Waals surface area contributed by atoms with E-state index in [9.17, 15) is 5.11 Å². The molecule has 1 aromatic rings. The zero-order valence-electron chi connectivity index (χ0n) is 13.5. The molecule has 0 radical (unpaired) electrons. The monoisotopic (exact) mass is 306 g/mol. The van der Waals surface area contributed by atoms with Crippen molar-refractivity contribution in [3.05, 3.63) is 23.9 Å². The van der Waals surface area contributed by atoms with Crippen LogP contribution < -0.4 is 10.1 Å². The van der Waals surface area contributed by atoms with Crippen molar-refractivity contribution in [1.82, 2.24) is 15.2 Å². The van der Waals surface area contributed by atoms with Gasteiger partial charge >= 0.3 is 0 Å². The van der Waals surface area contributed by atoms with Crippen molar-refractivity contribution >= 4 is 5.96 Å². The number of pyridine rings is 1. The van der Waals surface area contributed by atoms with Crippen LogP contribution in [0.25, 0.3) is 0 Å². The number of ether oxygens (including phenoxy) is 1. The van der Waals surface area contributed by atoms with Gasteiger partial charge in [-0.15, -0.1) is 0 Å². The van der Waals surface area contributed by atoms with Crippen molar-refractivity contribution in [2.75, 3.05) is 26.2 Å². The third kappa shape index (κ3) is 4.59. The largest absolute Gasteiger partial charge is 0.477 e. The fraction of sp³-hybridized carbons (Fsp3) is 0.625. The van der Waals surface area contributed by atoms with Gasteiger partial charge in [0.25, 0.3) is 0 Å². The van der Waals surface area contributed by atoms with E-state index in [2.05, 4.69) is 27.1 Å². The van der Waals surface area contributed by atoms with Crippen LogP contribution in [0.5, 0.6) is 5.88 Å². The Hall–Kier alpha value is -1.82. The molecule has 0 unspecified atom stereocenters. The zero-order valence-corrected chi connectivity index (χ0v) is 13.5. The summed E-state index contributed by atoms with van der Waals surface area (Å²) in [6.45, 7) is 7.56. The van der Waals surface area contributed by atoms with E-state index in [1.165, 1.54) is 0 Å². The van der Waals surface area contributed by atoms with E-state index < -0.39 is 0 Å². The molecule has 2 heterocycles. The number of β-amino-alcohol motifs (C(OH)–C–C–N with tert-alkyl or cyclic N) is 1. The highest BCUT2D eigenvalue weighted by Gasteiger charge is 2.22. The molecular formula is C16H26N4O2. The number of aliphatic hydroxyl groups excluding tert-OH is 1. The predicted molar refractivity (Wildman–Crippen MR) is 87.0 cm³/mol. The van der Waals surface area contributed by atoms with Crippen LogP contribution in [0.1, 0.15) is 32.3 Å². The minimum atomic E-state index is -0.259. The molecule has 2 N–H and O–H groups in total. The smallest absolute Gasteiger partial charge is 0.218 e. The van der Waals surface area contributed by atoms with Crippen LogP contribution in [0.4, 0.5) is 0 Å². The molecule has 122 valence electrons.